The molecule has 1 saturated carbocycles. The Morgan fingerprint density at radius 1 is 1.10 bits per heavy atom. The van der Waals surface area contributed by atoms with E-state index in [1.807, 2.05) is 6.07 Å². The van der Waals surface area contributed by atoms with Crippen molar-refractivity contribution in [1.82, 2.24) is 15.1 Å². The van der Waals surface area contributed by atoms with Crippen LogP contribution in [-0.2, 0) is 17.5 Å². The maximum atomic E-state index is 15.1. The number of nitriles is 1. The van der Waals surface area contributed by atoms with Gasteiger partial charge in [-0.3, -0.25) is 4.79 Å². The number of carbonyl (C=O) groups excluding carboxylic acids is 2. The van der Waals surface area contributed by atoms with Crippen molar-refractivity contribution < 1.29 is 31.9 Å². The van der Waals surface area contributed by atoms with E-state index in [0.29, 0.717) is 40.8 Å². The Bertz CT molecular complexity index is 1930. The van der Waals surface area contributed by atoms with Crippen molar-refractivity contribution in [3.05, 3.63) is 112 Å². The van der Waals surface area contributed by atoms with Crippen molar-refractivity contribution >= 4 is 29.3 Å². The molecule has 0 spiro atoms. The number of rotatable bonds is 9. The van der Waals surface area contributed by atoms with Crippen molar-refractivity contribution in [3.63, 3.8) is 0 Å². The molecule has 0 aliphatic heterocycles. The molecule has 256 valence electrons. The molecule has 14 heteroatoms. The van der Waals surface area contributed by atoms with Gasteiger partial charge in [0.25, 0.3) is 5.91 Å². The van der Waals surface area contributed by atoms with E-state index >= 15 is 4.39 Å². The zero-order valence-corrected chi connectivity index (χ0v) is 27.5. The number of ether oxygens (including phenoxy) is 1. The van der Waals surface area contributed by atoms with Gasteiger partial charge in [0.15, 0.2) is 5.69 Å². The number of benzene rings is 3. The van der Waals surface area contributed by atoms with Crippen LogP contribution in [0.2, 0.25) is 0 Å². The molecule has 3 aromatic carbocycles. The molecule has 1 aliphatic carbocycles. The SMILES string of the molecule is CC(C)(C)OC(=O)NCc1cccc(-n2nc(C(F)(F)F)cc2C(=O)Nc2cc(C(Cl)c3cc(C#N)cc(C4CC4CN)c3)ccc2F)c1. The number of halogens is 5. The fourth-order valence-electron chi connectivity index (χ4n) is 5.36. The number of alkyl carbamates (subject to hydrolysis) is 1. The van der Waals surface area contributed by atoms with Crippen LogP contribution in [0.3, 0.4) is 0 Å². The predicted molar refractivity (Wildman–Crippen MR) is 175 cm³/mol. The van der Waals surface area contributed by atoms with Gasteiger partial charge >= 0.3 is 12.3 Å². The van der Waals surface area contributed by atoms with Crippen LogP contribution < -0.4 is 16.4 Å². The maximum absolute atomic E-state index is 15.1. The van der Waals surface area contributed by atoms with Crippen LogP contribution in [0.1, 0.15) is 82.5 Å². The zero-order valence-electron chi connectivity index (χ0n) is 26.7. The summed E-state index contributed by atoms with van der Waals surface area (Å²) in [5.74, 6) is -1.41. The first kappa shape index (κ1) is 35.4. The van der Waals surface area contributed by atoms with Crippen molar-refractivity contribution in [1.29, 1.82) is 5.26 Å². The lowest BCUT2D eigenvalue weighted by molar-refractivity contribution is -0.141. The fourth-order valence-corrected chi connectivity index (χ4v) is 5.62. The van der Waals surface area contributed by atoms with Gasteiger partial charge in [-0.1, -0.05) is 24.3 Å². The first-order valence-corrected chi connectivity index (χ1v) is 15.7. The molecule has 3 atom stereocenters. The van der Waals surface area contributed by atoms with Crippen molar-refractivity contribution in [2.45, 2.75) is 56.8 Å². The van der Waals surface area contributed by atoms with Crippen molar-refractivity contribution in [2.75, 3.05) is 11.9 Å². The Hall–Kier alpha value is -4.93. The van der Waals surface area contributed by atoms with Gasteiger partial charge in [-0.15, -0.1) is 11.6 Å². The summed E-state index contributed by atoms with van der Waals surface area (Å²) in [6, 6.07) is 17.8. The molecule has 2 amide bonds. The molecule has 5 rings (SSSR count). The number of nitrogens with zero attached hydrogens (tertiary/aromatic N) is 3. The first-order valence-electron chi connectivity index (χ1n) is 15.3. The molecule has 4 aromatic rings. The number of hydrogen-bond donors (Lipinski definition) is 3. The maximum Gasteiger partial charge on any atom is 0.435 e. The lowest BCUT2D eigenvalue weighted by Gasteiger charge is -2.19. The third-order valence-corrected chi connectivity index (χ3v) is 8.31. The lowest BCUT2D eigenvalue weighted by atomic mass is 9.97. The predicted octanol–water partition coefficient (Wildman–Crippen LogP) is 7.57. The van der Waals surface area contributed by atoms with E-state index in [4.69, 9.17) is 22.1 Å². The van der Waals surface area contributed by atoms with E-state index in [0.717, 1.165) is 22.7 Å². The highest BCUT2D eigenvalue weighted by Crippen LogP contribution is 2.48. The summed E-state index contributed by atoms with van der Waals surface area (Å²) in [4.78, 5) is 25.6. The molecule has 0 saturated heterocycles. The Morgan fingerprint density at radius 2 is 1.86 bits per heavy atom. The quantitative estimate of drug-likeness (QED) is 0.122. The first-order chi connectivity index (χ1) is 23.1. The summed E-state index contributed by atoms with van der Waals surface area (Å²) in [6.45, 7) is 5.58. The Labute approximate surface area is 285 Å². The summed E-state index contributed by atoms with van der Waals surface area (Å²) in [7, 11) is 0. The van der Waals surface area contributed by atoms with Crippen LogP contribution in [0.25, 0.3) is 5.69 Å². The molecular formula is C35H33ClF4N6O3. The monoisotopic (exact) mass is 696 g/mol. The van der Waals surface area contributed by atoms with E-state index < -0.39 is 46.4 Å². The van der Waals surface area contributed by atoms with Crippen LogP contribution in [0.5, 0.6) is 0 Å². The number of nitrogens with one attached hydrogen (secondary N) is 2. The van der Waals surface area contributed by atoms with Gasteiger partial charge in [-0.05, 0) is 104 Å². The summed E-state index contributed by atoms with van der Waals surface area (Å²) >= 11 is 6.81. The van der Waals surface area contributed by atoms with Crippen molar-refractivity contribution in [3.8, 4) is 11.8 Å². The topological polar surface area (TPSA) is 135 Å². The lowest BCUT2D eigenvalue weighted by Crippen LogP contribution is -2.32. The van der Waals surface area contributed by atoms with Crippen LogP contribution in [0, 0.1) is 23.1 Å². The van der Waals surface area contributed by atoms with Gasteiger partial charge in [0.1, 0.15) is 17.1 Å². The Kier molecular flexibility index (Phi) is 10.0. The third-order valence-electron chi connectivity index (χ3n) is 7.81. The van der Waals surface area contributed by atoms with Gasteiger partial charge in [-0.2, -0.15) is 23.5 Å². The molecule has 4 N–H and O–H groups in total. The zero-order chi connectivity index (χ0) is 35.7. The normalized spacial score (nSPS) is 16.4. The molecule has 1 heterocycles. The molecule has 9 nitrogen and oxygen atoms in total. The minimum absolute atomic E-state index is 0.0255. The third kappa shape index (κ3) is 8.57. The molecule has 0 bridgehead atoms. The van der Waals surface area contributed by atoms with E-state index in [-0.39, 0.29) is 23.8 Å². The van der Waals surface area contributed by atoms with E-state index in [1.165, 1.54) is 30.3 Å². The van der Waals surface area contributed by atoms with Crippen LogP contribution >= 0.6 is 11.6 Å². The van der Waals surface area contributed by atoms with Gasteiger partial charge in [0.2, 0.25) is 0 Å². The number of aromatic nitrogens is 2. The highest BCUT2D eigenvalue weighted by molar-refractivity contribution is 6.22. The number of amides is 2. The van der Waals surface area contributed by atoms with E-state index in [1.54, 1.807) is 39.0 Å². The number of hydrogen-bond acceptors (Lipinski definition) is 6. The molecular weight excluding hydrogens is 664 g/mol. The average Bonchev–Trinajstić information content (AvgIpc) is 3.70. The molecule has 49 heavy (non-hydrogen) atoms. The van der Waals surface area contributed by atoms with Gasteiger partial charge in [0, 0.05) is 12.6 Å². The highest BCUT2D eigenvalue weighted by atomic mass is 35.5. The van der Waals surface area contributed by atoms with Crippen LogP contribution in [0.4, 0.5) is 28.0 Å². The second-order valence-corrected chi connectivity index (χ2v) is 13.2. The number of nitrogens with two attached hydrogens (primary N) is 1. The molecule has 3 unspecified atom stereocenters. The average molecular weight is 697 g/mol. The van der Waals surface area contributed by atoms with Gasteiger partial charge in [0.05, 0.1) is 28.4 Å². The summed E-state index contributed by atoms with van der Waals surface area (Å²) in [5, 5.41) is 17.3. The van der Waals surface area contributed by atoms with Crippen LogP contribution in [-0.4, -0.2) is 33.9 Å². The largest absolute Gasteiger partial charge is 0.444 e. The smallest absolute Gasteiger partial charge is 0.435 e. The molecule has 1 aromatic heterocycles. The molecule has 1 fully saturated rings. The number of anilines is 1. The number of alkyl halides is 4. The second kappa shape index (κ2) is 13.9. The second-order valence-electron chi connectivity index (χ2n) is 12.7. The summed E-state index contributed by atoms with van der Waals surface area (Å²) in [6.07, 6.45) is -4.69. The minimum Gasteiger partial charge on any atom is -0.444 e. The molecule has 0 radical (unpaired) electrons. The summed E-state index contributed by atoms with van der Waals surface area (Å²) < 4.78 is 62.4. The highest BCUT2D eigenvalue weighted by Gasteiger charge is 2.38. The fraction of sp³-hybridized carbons (Fsp3) is 0.314. The van der Waals surface area contributed by atoms with Crippen molar-refractivity contribution in [2.24, 2.45) is 11.7 Å². The Balaban J connectivity index is 1.42. The van der Waals surface area contributed by atoms with E-state index in [2.05, 4.69) is 21.8 Å². The standard InChI is InChI=1S/C35H33ClF4N6O3/c1-34(2,3)49-33(48)43-18-19-5-4-6-25(11-19)46-29(15-30(45-46)35(38,39)40)32(47)44-28-14-21(7-8-27(28)37)31(36)23-10-20(16-41)9-22(12-23)26-13-24(26)17-42/h4-12,14-15,24,26,31H,13,17-18,42H2,1-3H3,(H,43,48)(H,44,47). The van der Waals surface area contributed by atoms with Gasteiger partial charge in [-0.25, -0.2) is 13.9 Å². The summed E-state index contributed by atoms with van der Waals surface area (Å²) in [5.41, 5.74) is 5.71. The minimum atomic E-state index is -4.89. The molecule has 1 aliphatic rings. The number of carbonyl (C=O) groups is 2. The Morgan fingerprint density at radius 3 is 2.51 bits per heavy atom. The van der Waals surface area contributed by atoms with Crippen LogP contribution in [0.15, 0.2) is 66.7 Å². The van der Waals surface area contributed by atoms with E-state index in [9.17, 15) is 28.0 Å². The van der Waals surface area contributed by atoms with Gasteiger partial charge < -0.3 is 21.1 Å².